The molecule has 1 nitrogen and oxygen atoms in total. The standard InChI is InChI=1S/C27H28N/c1-18(2)22-13-14-25-24(16-22)15-20(4)28(5)27(25)26-17-23(12-11-19(26)3)21-9-7-6-8-10-21/h6-18H,1-5H3/q+1/i15D. The van der Waals surface area contributed by atoms with Crippen LogP contribution in [0.1, 0.15) is 38.0 Å². The van der Waals surface area contributed by atoms with Crippen molar-refractivity contribution in [1.82, 2.24) is 0 Å². The van der Waals surface area contributed by atoms with Gasteiger partial charge in [-0.15, -0.1) is 0 Å². The molecule has 0 N–H and O–H groups in total. The van der Waals surface area contributed by atoms with Gasteiger partial charge >= 0.3 is 0 Å². The van der Waals surface area contributed by atoms with Gasteiger partial charge in [-0.05, 0) is 52.6 Å². The Bertz CT molecular complexity index is 1210. The number of hydrogen-bond donors (Lipinski definition) is 0. The van der Waals surface area contributed by atoms with Gasteiger partial charge in [-0.25, -0.2) is 0 Å². The molecule has 140 valence electrons. The predicted molar refractivity (Wildman–Crippen MR) is 120 cm³/mol. The zero-order chi connectivity index (χ0) is 20.7. The number of benzene rings is 3. The summed E-state index contributed by atoms with van der Waals surface area (Å²) in [5, 5.41) is 2.17. The van der Waals surface area contributed by atoms with E-state index in [0.29, 0.717) is 12.0 Å². The van der Waals surface area contributed by atoms with Gasteiger partial charge in [-0.1, -0.05) is 68.4 Å². The minimum Gasteiger partial charge on any atom is -0.198 e. The van der Waals surface area contributed by atoms with Gasteiger partial charge in [0, 0.05) is 13.0 Å². The summed E-state index contributed by atoms with van der Waals surface area (Å²) >= 11 is 0. The highest BCUT2D eigenvalue weighted by atomic mass is 14.9. The summed E-state index contributed by atoms with van der Waals surface area (Å²) < 4.78 is 10.9. The van der Waals surface area contributed by atoms with Crippen LogP contribution in [0.3, 0.4) is 0 Å². The summed E-state index contributed by atoms with van der Waals surface area (Å²) in [6.45, 7) is 8.62. The van der Waals surface area contributed by atoms with E-state index in [4.69, 9.17) is 1.37 Å². The summed E-state index contributed by atoms with van der Waals surface area (Å²) in [5.41, 5.74) is 8.34. The molecule has 0 radical (unpaired) electrons. The second-order valence-corrected chi connectivity index (χ2v) is 7.97. The van der Waals surface area contributed by atoms with E-state index >= 15 is 0 Å². The lowest BCUT2D eigenvalue weighted by molar-refractivity contribution is -0.665. The van der Waals surface area contributed by atoms with Gasteiger partial charge in [0.1, 0.15) is 7.05 Å². The molecule has 1 aromatic heterocycles. The first-order valence-electron chi connectivity index (χ1n) is 10.5. The van der Waals surface area contributed by atoms with Crippen molar-refractivity contribution in [2.24, 2.45) is 7.05 Å². The van der Waals surface area contributed by atoms with E-state index in [-0.39, 0.29) is 0 Å². The minimum atomic E-state index is 0.444. The molecule has 0 saturated heterocycles. The van der Waals surface area contributed by atoms with Crippen LogP contribution < -0.4 is 4.57 Å². The molecule has 0 bridgehead atoms. The average molecular weight is 368 g/mol. The topological polar surface area (TPSA) is 3.88 Å². The van der Waals surface area contributed by atoms with Crippen molar-refractivity contribution in [3.63, 3.8) is 0 Å². The fraction of sp³-hybridized carbons (Fsp3) is 0.222. The second-order valence-electron chi connectivity index (χ2n) is 7.97. The number of nitrogens with zero attached hydrogens (tertiary/aromatic N) is 1. The van der Waals surface area contributed by atoms with E-state index in [2.05, 4.69) is 99.1 Å². The van der Waals surface area contributed by atoms with Gasteiger partial charge in [0.15, 0.2) is 5.69 Å². The lowest BCUT2D eigenvalue weighted by Gasteiger charge is -2.13. The number of hydrogen-bond acceptors (Lipinski definition) is 0. The van der Waals surface area contributed by atoms with Crippen molar-refractivity contribution in [2.45, 2.75) is 33.6 Å². The Morgan fingerprint density at radius 3 is 2.32 bits per heavy atom. The van der Waals surface area contributed by atoms with E-state index in [0.717, 1.165) is 16.5 Å². The van der Waals surface area contributed by atoms with Gasteiger partial charge in [-0.2, -0.15) is 4.57 Å². The molecule has 0 unspecified atom stereocenters. The number of aromatic nitrogens is 1. The van der Waals surface area contributed by atoms with E-state index in [9.17, 15) is 0 Å². The molecule has 4 rings (SSSR count). The first-order valence-corrected chi connectivity index (χ1v) is 9.97. The van der Waals surface area contributed by atoms with Crippen molar-refractivity contribution in [3.8, 4) is 22.4 Å². The van der Waals surface area contributed by atoms with Crippen molar-refractivity contribution < 1.29 is 5.94 Å². The maximum absolute atomic E-state index is 8.74. The number of aryl methyl sites for hydroxylation is 1. The molecule has 0 aliphatic heterocycles. The molecule has 28 heavy (non-hydrogen) atoms. The van der Waals surface area contributed by atoms with Crippen LogP contribution in [0.25, 0.3) is 33.2 Å². The fourth-order valence-corrected chi connectivity index (χ4v) is 3.87. The van der Waals surface area contributed by atoms with Gasteiger partial charge in [0.05, 0.1) is 12.3 Å². The molecule has 0 saturated carbocycles. The maximum atomic E-state index is 8.74. The third-order valence-electron chi connectivity index (χ3n) is 5.72. The molecule has 3 aromatic carbocycles. The zero-order valence-corrected chi connectivity index (χ0v) is 17.4. The van der Waals surface area contributed by atoms with Crippen LogP contribution in [0.4, 0.5) is 0 Å². The third kappa shape index (κ3) is 3.22. The molecule has 0 fully saturated rings. The van der Waals surface area contributed by atoms with E-state index < -0.39 is 0 Å². The molecule has 1 heteroatoms. The highest BCUT2D eigenvalue weighted by Crippen LogP contribution is 2.33. The van der Waals surface area contributed by atoms with Gasteiger partial charge in [0.2, 0.25) is 5.69 Å². The van der Waals surface area contributed by atoms with Crippen molar-refractivity contribution in [3.05, 3.63) is 89.6 Å². The lowest BCUT2D eigenvalue weighted by atomic mass is 9.93. The van der Waals surface area contributed by atoms with Crippen LogP contribution in [0, 0.1) is 13.8 Å². The fourth-order valence-electron chi connectivity index (χ4n) is 3.87. The summed E-state index contributed by atoms with van der Waals surface area (Å²) in [7, 11) is 2.08. The first kappa shape index (κ1) is 17.2. The SMILES string of the molecule is [2H]c1c(C)[n+](C)c(-c2cc(-c3ccccc3)ccc2C)c2ccc(C(C)C)cc12. The second kappa shape index (κ2) is 7.24. The van der Waals surface area contributed by atoms with Crippen molar-refractivity contribution >= 4 is 10.8 Å². The summed E-state index contributed by atoms with van der Waals surface area (Å²) in [5.74, 6) is 0.444. The number of pyridine rings is 1. The Morgan fingerprint density at radius 2 is 1.61 bits per heavy atom. The van der Waals surface area contributed by atoms with E-state index in [1.807, 2.05) is 6.92 Å². The Balaban J connectivity index is 2.04. The van der Waals surface area contributed by atoms with Crippen molar-refractivity contribution in [1.29, 1.82) is 0 Å². The molecule has 0 spiro atoms. The molecular weight excluding hydrogens is 338 g/mol. The monoisotopic (exact) mass is 367 g/mol. The van der Waals surface area contributed by atoms with E-state index in [1.54, 1.807) is 0 Å². The van der Waals surface area contributed by atoms with Crippen LogP contribution in [0.5, 0.6) is 0 Å². The van der Waals surface area contributed by atoms with Gasteiger partial charge in [0.25, 0.3) is 0 Å². The Morgan fingerprint density at radius 1 is 0.857 bits per heavy atom. The highest BCUT2D eigenvalue weighted by Gasteiger charge is 2.20. The molecule has 0 amide bonds. The number of fused-ring (bicyclic) bond motifs is 1. The highest BCUT2D eigenvalue weighted by molar-refractivity contribution is 5.95. The van der Waals surface area contributed by atoms with Gasteiger partial charge in [-0.3, -0.25) is 0 Å². The van der Waals surface area contributed by atoms with Crippen LogP contribution in [-0.4, -0.2) is 0 Å². The normalized spacial score (nSPS) is 11.9. The maximum Gasteiger partial charge on any atom is 0.220 e. The Kier molecular flexibility index (Phi) is 4.44. The molecule has 0 aliphatic rings. The predicted octanol–water partition coefficient (Wildman–Crippen LogP) is 6.74. The van der Waals surface area contributed by atoms with Crippen LogP contribution in [-0.2, 0) is 7.05 Å². The lowest BCUT2D eigenvalue weighted by Crippen LogP contribution is -2.35. The summed E-state index contributed by atoms with van der Waals surface area (Å²) in [6, 6.07) is 24.4. The van der Waals surface area contributed by atoms with E-state index in [1.165, 1.54) is 33.5 Å². The molecular formula is C27H28N+. The summed E-state index contributed by atoms with van der Waals surface area (Å²) in [4.78, 5) is 0. The van der Waals surface area contributed by atoms with Crippen LogP contribution >= 0.6 is 0 Å². The largest absolute Gasteiger partial charge is 0.220 e. The zero-order valence-electron chi connectivity index (χ0n) is 18.4. The van der Waals surface area contributed by atoms with Crippen molar-refractivity contribution in [2.75, 3.05) is 0 Å². The molecule has 0 aliphatic carbocycles. The molecule has 4 aromatic rings. The average Bonchev–Trinajstić information content (AvgIpc) is 2.74. The molecule has 1 heterocycles. The quantitative estimate of drug-likeness (QED) is 0.353. The Hall–Kier alpha value is -2.93. The number of rotatable bonds is 3. The third-order valence-corrected chi connectivity index (χ3v) is 5.72. The molecule has 0 atom stereocenters. The van der Waals surface area contributed by atoms with Crippen LogP contribution in [0.15, 0.2) is 72.8 Å². The summed E-state index contributed by atoms with van der Waals surface area (Å²) in [6.07, 6.45) is 0. The smallest absolute Gasteiger partial charge is 0.198 e. The van der Waals surface area contributed by atoms with Gasteiger partial charge < -0.3 is 0 Å². The van der Waals surface area contributed by atoms with Crippen LogP contribution in [0.2, 0.25) is 0 Å². The minimum absolute atomic E-state index is 0.444. The first-order chi connectivity index (χ1) is 13.9. The Labute approximate surface area is 169 Å².